The van der Waals surface area contributed by atoms with E-state index in [0.29, 0.717) is 6.61 Å². The summed E-state index contributed by atoms with van der Waals surface area (Å²) in [5.74, 6) is 0. The molecule has 0 aliphatic rings. The quantitative estimate of drug-likeness (QED) is 0.686. The predicted octanol–water partition coefficient (Wildman–Crippen LogP) is 1.65. The van der Waals surface area contributed by atoms with Crippen LogP contribution in [0.15, 0.2) is 0 Å². The van der Waals surface area contributed by atoms with Gasteiger partial charge < -0.3 is 15.8 Å². The first kappa shape index (κ1) is 12.9. The van der Waals surface area contributed by atoms with E-state index in [-0.39, 0.29) is 12.2 Å². The summed E-state index contributed by atoms with van der Waals surface area (Å²) in [5.41, 5.74) is 0. The van der Waals surface area contributed by atoms with Crippen LogP contribution in [0.3, 0.4) is 0 Å². The van der Waals surface area contributed by atoms with Crippen LogP contribution in [0.5, 0.6) is 0 Å². The Hall–Kier alpha value is -0.770. The Balaban J connectivity index is 0. The number of hydrogen-bond acceptors (Lipinski definition) is 3. The monoisotopic (exact) mass is 162 g/mol. The number of nitrogens with zero attached hydrogens (tertiary/aromatic N) is 1. The van der Waals surface area contributed by atoms with Gasteiger partial charge in [0.25, 0.3) is 0 Å². The van der Waals surface area contributed by atoms with E-state index in [1.807, 2.05) is 13.8 Å². The second-order valence-electron chi connectivity index (χ2n) is 1.87. The molecule has 0 unspecified atom stereocenters. The van der Waals surface area contributed by atoms with E-state index < -0.39 is 0 Å². The average molecular weight is 162 g/mol. The van der Waals surface area contributed by atoms with Gasteiger partial charge in [-0.05, 0) is 20.8 Å². The number of amides is 1. The van der Waals surface area contributed by atoms with Gasteiger partial charge in [-0.3, -0.25) is 0 Å². The zero-order valence-corrected chi connectivity index (χ0v) is 7.59. The van der Waals surface area contributed by atoms with Gasteiger partial charge in [-0.1, -0.05) is 0 Å². The fraction of sp³-hybridized carbons (Fsp3) is 0.857. The van der Waals surface area contributed by atoms with Gasteiger partial charge in [0.1, 0.15) is 0 Å². The maximum atomic E-state index is 10.9. The third-order valence-corrected chi connectivity index (χ3v) is 1.29. The van der Waals surface area contributed by atoms with Crippen molar-refractivity contribution in [3.63, 3.8) is 0 Å². The Morgan fingerprint density at radius 1 is 1.27 bits per heavy atom. The Labute approximate surface area is 68.1 Å². The molecule has 1 amide bonds. The number of hydrogen-bond donors (Lipinski definition) is 1. The minimum Gasteiger partial charge on any atom is -0.450 e. The van der Waals surface area contributed by atoms with Gasteiger partial charge in [-0.2, -0.15) is 0 Å². The van der Waals surface area contributed by atoms with Gasteiger partial charge in [0.05, 0.1) is 6.61 Å². The minimum absolute atomic E-state index is 0. The predicted molar refractivity (Wildman–Crippen MR) is 45.0 cm³/mol. The molecule has 0 spiro atoms. The standard InChI is InChI=1S/C7H15NO2.H3N/c1-4-8(5-2)7(9)10-6-3;/h4-6H2,1-3H3;1H3. The Bertz CT molecular complexity index is 103. The molecule has 0 heterocycles. The molecule has 0 aromatic rings. The summed E-state index contributed by atoms with van der Waals surface area (Å²) in [7, 11) is 0. The second-order valence-corrected chi connectivity index (χ2v) is 1.87. The van der Waals surface area contributed by atoms with Crippen LogP contribution in [0.4, 0.5) is 4.79 Å². The summed E-state index contributed by atoms with van der Waals surface area (Å²) in [6.07, 6.45) is -0.215. The lowest BCUT2D eigenvalue weighted by atomic mass is 10.6. The van der Waals surface area contributed by atoms with Gasteiger partial charge in [-0.25, -0.2) is 4.79 Å². The molecule has 0 bridgehead atoms. The van der Waals surface area contributed by atoms with E-state index in [1.165, 1.54) is 0 Å². The molecule has 0 saturated carbocycles. The number of ether oxygens (including phenoxy) is 1. The van der Waals surface area contributed by atoms with Crippen molar-refractivity contribution < 1.29 is 9.53 Å². The van der Waals surface area contributed by atoms with Crippen LogP contribution in [0.2, 0.25) is 0 Å². The molecule has 0 fully saturated rings. The maximum Gasteiger partial charge on any atom is 0.409 e. The highest BCUT2D eigenvalue weighted by molar-refractivity contribution is 5.67. The lowest BCUT2D eigenvalue weighted by Crippen LogP contribution is -2.30. The van der Waals surface area contributed by atoms with E-state index in [2.05, 4.69) is 0 Å². The van der Waals surface area contributed by atoms with E-state index in [0.717, 1.165) is 13.1 Å². The topological polar surface area (TPSA) is 64.5 Å². The number of rotatable bonds is 3. The molecule has 4 heteroatoms. The van der Waals surface area contributed by atoms with Crippen molar-refractivity contribution >= 4 is 6.09 Å². The molecule has 0 saturated heterocycles. The first-order chi connectivity index (χ1) is 4.76. The number of carbonyl (C=O) groups is 1. The lowest BCUT2D eigenvalue weighted by molar-refractivity contribution is 0.111. The lowest BCUT2D eigenvalue weighted by Gasteiger charge is -2.16. The summed E-state index contributed by atoms with van der Waals surface area (Å²) in [6, 6.07) is 0. The van der Waals surface area contributed by atoms with Gasteiger partial charge in [0, 0.05) is 13.1 Å². The van der Waals surface area contributed by atoms with Crippen molar-refractivity contribution in [3.05, 3.63) is 0 Å². The molecule has 0 radical (unpaired) electrons. The third kappa shape index (κ3) is 4.61. The van der Waals surface area contributed by atoms with Crippen molar-refractivity contribution in [2.24, 2.45) is 0 Å². The molecule has 68 valence electrons. The third-order valence-electron chi connectivity index (χ3n) is 1.29. The van der Waals surface area contributed by atoms with Gasteiger partial charge in [0.15, 0.2) is 0 Å². The molecule has 0 aliphatic carbocycles. The summed E-state index contributed by atoms with van der Waals surface area (Å²) in [6.45, 7) is 7.56. The van der Waals surface area contributed by atoms with Crippen molar-refractivity contribution in [1.82, 2.24) is 11.1 Å². The highest BCUT2D eigenvalue weighted by Gasteiger charge is 2.07. The Morgan fingerprint density at radius 3 is 2.00 bits per heavy atom. The molecule has 11 heavy (non-hydrogen) atoms. The second kappa shape index (κ2) is 7.34. The van der Waals surface area contributed by atoms with Crippen LogP contribution in [0, 0.1) is 0 Å². The zero-order valence-electron chi connectivity index (χ0n) is 7.59. The molecule has 0 aromatic heterocycles. The van der Waals surface area contributed by atoms with E-state index >= 15 is 0 Å². The van der Waals surface area contributed by atoms with Crippen molar-refractivity contribution in [1.29, 1.82) is 0 Å². The van der Waals surface area contributed by atoms with Gasteiger partial charge in [-0.15, -0.1) is 0 Å². The molecule has 0 atom stereocenters. The van der Waals surface area contributed by atoms with Crippen LogP contribution in [0.25, 0.3) is 0 Å². The largest absolute Gasteiger partial charge is 0.450 e. The van der Waals surface area contributed by atoms with Crippen LogP contribution in [0.1, 0.15) is 20.8 Å². The smallest absolute Gasteiger partial charge is 0.409 e. The van der Waals surface area contributed by atoms with Crippen LogP contribution in [-0.4, -0.2) is 30.7 Å². The summed E-state index contributed by atoms with van der Waals surface area (Å²) < 4.78 is 4.77. The number of carbonyl (C=O) groups excluding carboxylic acids is 1. The molecular weight excluding hydrogens is 144 g/mol. The van der Waals surface area contributed by atoms with Crippen LogP contribution in [-0.2, 0) is 4.74 Å². The SMILES string of the molecule is CCOC(=O)N(CC)CC.N. The Kier molecular flexibility index (Phi) is 8.58. The highest BCUT2D eigenvalue weighted by atomic mass is 16.6. The summed E-state index contributed by atoms with van der Waals surface area (Å²) in [5, 5.41) is 0. The molecule has 4 nitrogen and oxygen atoms in total. The van der Waals surface area contributed by atoms with Gasteiger partial charge >= 0.3 is 6.09 Å². The normalized spacial score (nSPS) is 8.27. The molecule has 3 N–H and O–H groups in total. The summed E-state index contributed by atoms with van der Waals surface area (Å²) >= 11 is 0. The molecule has 0 aromatic carbocycles. The van der Waals surface area contributed by atoms with Crippen molar-refractivity contribution in [3.8, 4) is 0 Å². The maximum absolute atomic E-state index is 10.9. The first-order valence-electron chi connectivity index (χ1n) is 3.67. The van der Waals surface area contributed by atoms with Crippen molar-refractivity contribution in [2.75, 3.05) is 19.7 Å². The molecule has 0 aliphatic heterocycles. The van der Waals surface area contributed by atoms with Crippen molar-refractivity contribution in [2.45, 2.75) is 20.8 Å². The van der Waals surface area contributed by atoms with Gasteiger partial charge in [0.2, 0.25) is 0 Å². The van der Waals surface area contributed by atoms with E-state index in [1.54, 1.807) is 11.8 Å². The fourth-order valence-corrected chi connectivity index (χ4v) is 0.697. The zero-order chi connectivity index (χ0) is 7.98. The first-order valence-corrected chi connectivity index (χ1v) is 3.67. The van der Waals surface area contributed by atoms with E-state index in [4.69, 9.17) is 4.74 Å². The van der Waals surface area contributed by atoms with Crippen LogP contribution < -0.4 is 6.15 Å². The average Bonchev–Trinajstić information content (AvgIpc) is 1.91. The Morgan fingerprint density at radius 2 is 1.73 bits per heavy atom. The minimum atomic E-state index is -0.215. The summed E-state index contributed by atoms with van der Waals surface area (Å²) in [4.78, 5) is 12.6. The van der Waals surface area contributed by atoms with E-state index in [9.17, 15) is 4.79 Å². The fourth-order valence-electron chi connectivity index (χ4n) is 0.697. The molecular formula is C7H18N2O2. The van der Waals surface area contributed by atoms with Crippen LogP contribution >= 0.6 is 0 Å². The highest BCUT2D eigenvalue weighted by Crippen LogP contribution is 1.91. The molecule has 0 rings (SSSR count).